The Labute approximate surface area is 95.6 Å². The first-order valence-corrected chi connectivity index (χ1v) is 6.14. The number of rotatable bonds is 1. The Hall–Kier alpha value is -0.390. The molecule has 0 aliphatic carbocycles. The van der Waals surface area contributed by atoms with Gasteiger partial charge in [0.15, 0.2) is 0 Å². The van der Waals surface area contributed by atoms with Gasteiger partial charge in [-0.25, -0.2) is 0 Å². The number of fused-ring (bicyclic) bond motifs is 1. The first-order valence-electron chi connectivity index (χ1n) is 4.12. The minimum absolute atomic E-state index is 0.123. The van der Waals surface area contributed by atoms with Crippen LogP contribution < -0.4 is 4.72 Å². The van der Waals surface area contributed by atoms with E-state index < -0.39 is 0 Å². The van der Waals surface area contributed by atoms with Crippen LogP contribution in [0.5, 0.6) is 0 Å². The second kappa shape index (κ2) is 4.00. The van der Waals surface area contributed by atoms with Crippen molar-refractivity contribution in [3.8, 4) is 0 Å². The van der Waals surface area contributed by atoms with Crippen LogP contribution in [0.2, 0.25) is 4.34 Å². The van der Waals surface area contributed by atoms with Crippen LogP contribution in [-0.4, -0.2) is 12.1 Å². The normalized spacial score (nSPS) is 14.7. The Balaban J connectivity index is 2.21. The Morgan fingerprint density at radius 3 is 3.07 bits per heavy atom. The van der Waals surface area contributed by atoms with Gasteiger partial charge in [-0.3, -0.25) is 4.72 Å². The molecule has 14 heavy (non-hydrogen) atoms. The maximum absolute atomic E-state index is 5.87. The number of hydrogen-bond acceptors (Lipinski definition) is 5. The molecule has 2 heterocycles. The molecular formula is C8H9ClN2OS2. The zero-order valence-corrected chi connectivity index (χ0v) is 10.1. The number of ether oxygens (including phenoxy) is 1. The van der Waals surface area contributed by atoms with E-state index in [1.807, 2.05) is 19.9 Å². The number of hydrogen-bond donors (Lipinski definition) is 1. The third-order valence-electron chi connectivity index (χ3n) is 1.45. The summed E-state index contributed by atoms with van der Waals surface area (Å²) in [7, 11) is 0. The lowest BCUT2D eigenvalue weighted by atomic mass is 10.5. The van der Waals surface area contributed by atoms with E-state index in [1.54, 1.807) is 0 Å². The Kier molecular flexibility index (Phi) is 2.90. The summed E-state index contributed by atoms with van der Waals surface area (Å²) in [6, 6.07) is 2.39. The summed E-state index contributed by atoms with van der Waals surface area (Å²) < 4.78 is 10.3. The van der Waals surface area contributed by atoms with Crippen LogP contribution in [0, 0.1) is 0 Å². The van der Waals surface area contributed by atoms with Gasteiger partial charge in [0.1, 0.15) is 4.21 Å². The molecule has 0 atom stereocenters. The van der Waals surface area contributed by atoms with Crippen molar-refractivity contribution in [3.63, 3.8) is 0 Å². The number of thiophene rings is 1. The zero-order valence-electron chi connectivity index (χ0n) is 7.70. The topological polar surface area (TPSA) is 33.6 Å². The molecule has 3 nitrogen and oxygen atoms in total. The van der Waals surface area contributed by atoms with E-state index in [1.165, 1.54) is 23.3 Å². The minimum atomic E-state index is 0.123. The lowest BCUT2D eigenvalue weighted by molar-refractivity contribution is 0.222. The molecule has 1 aliphatic rings. The molecular weight excluding hydrogens is 240 g/mol. The fourth-order valence-corrected chi connectivity index (χ4v) is 3.06. The van der Waals surface area contributed by atoms with Crippen molar-refractivity contribution >= 4 is 46.6 Å². The second-order valence-electron chi connectivity index (χ2n) is 3.01. The lowest BCUT2D eigenvalue weighted by Crippen LogP contribution is -2.24. The van der Waals surface area contributed by atoms with Gasteiger partial charge in [-0.05, 0) is 19.9 Å². The van der Waals surface area contributed by atoms with Gasteiger partial charge in [0.2, 0.25) is 0 Å². The SMILES string of the molecule is CC(C)OC1=Nc2cc(Cl)sc2SN1. The second-order valence-corrected chi connectivity index (χ2v) is 5.77. The molecule has 0 amide bonds. The smallest absolute Gasteiger partial charge is 0.300 e. The first-order chi connectivity index (χ1) is 6.65. The summed E-state index contributed by atoms with van der Waals surface area (Å²) in [5.74, 6) is 0. The fourth-order valence-electron chi connectivity index (χ4n) is 0.984. The summed E-state index contributed by atoms with van der Waals surface area (Å²) in [4.78, 5) is 4.29. The maximum Gasteiger partial charge on any atom is 0.300 e. The van der Waals surface area contributed by atoms with E-state index in [0.29, 0.717) is 6.02 Å². The van der Waals surface area contributed by atoms with Gasteiger partial charge in [0.25, 0.3) is 0 Å². The van der Waals surface area contributed by atoms with Gasteiger partial charge in [-0.2, -0.15) is 4.99 Å². The molecule has 2 rings (SSSR count). The van der Waals surface area contributed by atoms with Crippen LogP contribution in [0.3, 0.4) is 0 Å². The van der Waals surface area contributed by atoms with Gasteiger partial charge in [0, 0.05) is 11.9 Å². The van der Waals surface area contributed by atoms with E-state index in [0.717, 1.165) is 14.2 Å². The summed E-state index contributed by atoms with van der Waals surface area (Å²) in [6.07, 6.45) is 0.123. The summed E-state index contributed by atoms with van der Waals surface area (Å²) in [6.45, 7) is 3.93. The summed E-state index contributed by atoms with van der Waals surface area (Å²) in [5.41, 5.74) is 0.888. The monoisotopic (exact) mass is 248 g/mol. The van der Waals surface area contributed by atoms with Crippen LogP contribution in [0.4, 0.5) is 5.69 Å². The van der Waals surface area contributed by atoms with Crippen LogP contribution in [-0.2, 0) is 4.74 Å². The number of halogens is 1. The molecule has 1 aromatic heterocycles. The molecule has 0 radical (unpaired) electrons. The van der Waals surface area contributed by atoms with E-state index in [9.17, 15) is 0 Å². The van der Waals surface area contributed by atoms with Crippen molar-refractivity contribution in [3.05, 3.63) is 10.4 Å². The van der Waals surface area contributed by atoms with Gasteiger partial charge >= 0.3 is 6.02 Å². The van der Waals surface area contributed by atoms with Crippen LogP contribution in [0.25, 0.3) is 0 Å². The predicted molar refractivity (Wildman–Crippen MR) is 61.6 cm³/mol. The minimum Gasteiger partial charge on any atom is -0.462 e. The zero-order chi connectivity index (χ0) is 10.1. The van der Waals surface area contributed by atoms with Gasteiger partial charge in [-0.1, -0.05) is 11.6 Å². The van der Waals surface area contributed by atoms with Crippen LogP contribution in [0.1, 0.15) is 13.8 Å². The largest absolute Gasteiger partial charge is 0.462 e. The lowest BCUT2D eigenvalue weighted by Gasteiger charge is -2.15. The molecule has 1 N–H and O–H groups in total. The number of nitrogens with zero attached hydrogens (tertiary/aromatic N) is 1. The molecule has 1 aromatic rings. The number of amidine groups is 1. The quantitative estimate of drug-likeness (QED) is 0.774. The standard InChI is InChI=1S/C8H9ClN2OS2/c1-4(2)12-8-10-5-3-6(9)13-7(5)14-11-8/h3-4H,1-2H3,(H,10,11). The Morgan fingerprint density at radius 1 is 1.57 bits per heavy atom. The highest BCUT2D eigenvalue weighted by Gasteiger charge is 2.16. The average Bonchev–Trinajstić information content (AvgIpc) is 2.42. The molecule has 0 bridgehead atoms. The summed E-state index contributed by atoms with van der Waals surface area (Å²) >= 11 is 8.87. The Bertz CT molecular complexity index is 375. The summed E-state index contributed by atoms with van der Waals surface area (Å²) in [5, 5.41) is 0. The van der Waals surface area contributed by atoms with Gasteiger partial charge in [-0.15, -0.1) is 11.3 Å². The average molecular weight is 249 g/mol. The highest BCUT2D eigenvalue weighted by molar-refractivity contribution is 8.00. The van der Waals surface area contributed by atoms with E-state index in [2.05, 4.69) is 9.71 Å². The van der Waals surface area contributed by atoms with E-state index >= 15 is 0 Å². The molecule has 76 valence electrons. The van der Waals surface area contributed by atoms with Crippen molar-refractivity contribution in [2.45, 2.75) is 24.2 Å². The van der Waals surface area contributed by atoms with Crippen LogP contribution in [0.15, 0.2) is 15.3 Å². The predicted octanol–water partition coefficient (Wildman–Crippen LogP) is 3.42. The molecule has 0 fully saturated rings. The number of aliphatic imine (C=N–C) groups is 1. The first kappa shape index (κ1) is 10.1. The van der Waals surface area contributed by atoms with E-state index in [-0.39, 0.29) is 6.10 Å². The molecule has 0 saturated heterocycles. The Morgan fingerprint density at radius 2 is 2.36 bits per heavy atom. The molecule has 0 saturated carbocycles. The molecule has 0 aromatic carbocycles. The molecule has 0 unspecified atom stereocenters. The highest BCUT2D eigenvalue weighted by atomic mass is 35.5. The van der Waals surface area contributed by atoms with Crippen LogP contribution >= 0.6 is 34.9 Å². The van der Waals surface area contributed by atoms with Crippen molar-refractivity contribution in [2.24, 2.45) is 4.99 Å². The third-order valence-corrected chi connectivity index (χ3v) is 3.67. The molecule has 0 spiro atoms. The van der Waals surface area contributed by atoms with Crippen molar-refractivity contribution < 1.29 is 4.74 Å². The van der Waals surface area contributed by atoms with E-state index in [4.69, 9.17) is 16.3 Å². The van der Waals surface area contributed by atoms with Gasteiger partial charge < -0.3 is 4.74 Å². The third kappa shape index (κ3) is 2.16. The van der Waals surface area contributed by atoms with Crippen molar-refractivity contribution in [2.75, 3.05) is 0 Å². The van der Waals surface area contributed by atoms with Crippen molar-refractivity contribution in [1.82, 2.24) is 4.72 Å². The number of nitrogens with one attached hydrogen (secondary N) is 1. The van der Waals surface area contributed by atoms with Gasteiger partial charge in [0.05, 0.1) is 16.1 Å². The fraction of sp³-hybridized carbons (Fsp3) is 0.375. The van der Waals surface area contributed by atoms with Crippen molar-refractivity contribution in [1.29, 1.82) is 0 Å². The maximum atomic E-state index is 5.87. The molecule has 6 heteroatoms. The highest BCUT2D eigenvalue weighted by Crippen LogP contribution is 2.41. The molecule has 1 aliphatic heterocycles.